The molecule has 38 heavy (non-hydrogen) atoms. The fourth-order valence-electron chi connectivity index (χ4n) is 5.08. The topological polar surface area (TPSA) is 72.1 Å². The highest BCUT2D eigenvalue weighted by atomic mass is 32.2. The molecule has 200 valence electrons. The monoisotopic (exact) mass is 533 g/mol. The molecule has 1 atom stereocenters. The van der Waals surface area contributed by atoms with Crippen molar-refractivity contribution in [1.82, 2.24) is 19.5 Å². The lowest BCUT2D eigenvalue weighted by Gasteiger charge is -2.45. The first-order chi connectivity index (χ1) is 18.6. The van der Waals surface area contributed by atoms with Crippen LogP contribution in [0.25, 0.3) is 27.9 Å². The molecule has 2 saturated heterocycles. The van der Waals surface area contributed by atoms with Crippen molar-refractivity contribution in [2.75, 3.05) is 39.1 Å². The van der Waals surface area contributed by atoms with E-state index in [1.54, 1.807) is 6.26 Å². The van der Waals surface area contributed by atoms with Gasteiger partial charge in [0.05, 0.1) is 19.4 Å². The van der Waals surface area contributed by atoms with Crippen LogP contribution in [0.2, 0.25) is 0 Å². The third-order valence-electron chi connectivity index (χ3n) is 7.06. The van der Waals surface area contributed by atoms with Gasteiger partial charge in [-0.1, -0.05) is 44.5 Å². The van der Waals surface area contributed by atoms with Gasteiger partial charge in [-0.3, -0.25) is 4.90 Å². The van der Waals surface area contributed by atoms with E-state index in [1.807, 2.05) is 73.4 Å². The summed E-state index contributed by atoms with van der Waals surface area (Å²) in [4.78, 5) is 8.14. The number of hydrogen-bond acceptors (Lipinski definition) is 6. The predicted octanol–water partition coefficient (Wildman–Crippen LogP) is 5.80. The van der Waals surface area contributed by atoms with Crippen LogP contribution in [0, 0.1) is 0 Å². The Bertz CT molecular complexity index is 1350. The molecule has 0 aliphatic carbocycles. The Morgan fingerprint density at radius 2 is 1.74 bits per heavy atom. The minimum atomic E-state index is -0.788. The first-order valence-electron chi connectivity index (χ1n) is 13.5. The lowest BCUT2D eigenvalue weighted by molar-refractivity contribution is -0.172. The second kappa shape index (κ2) is 11.9. The summed E-state index contributed by atoms with van der Waals surface area (Å²) in [6.45, 7) is 8.53. The molecule has 2 fully saturated rings. The van der Waals surface area contributed by atoms with Gasteiger partial charge in [-0.2, -0.15) is 9.65 Å². The van der Waals surface area contributed by atoms with Crippen molar-refractivity contribution in [2.24, 2.45) is 0 Å². The SMILES string of the molecule is CC.C[S+](O)c1cccc(-c2cnn3cc(-c4ccc(OC5(CN6CCCCC6)COC5)cc4)cnc23)c1. The van der Waals surface area contributed by atoms with E-state index in [0.717, 1.165) is 58.2 Å². The van der Waals surface area contributed by atoms with Crippen molar-refractivity contribution in [3.05, 3.63) is 67.1 Å². The summed E-state index contributed by atoms with van der Waals surface area (Å²) < 4.78 is 23.8. The second-order valence-electron chi connectivity index (χ2n) is 9.81. The smallest absolute Gasteiger partial charge is 0.190 e. The fraction of sp³-hybridized carbons (Fsp3) is 0.400. The molecular weight excluding hydrogens is 496 g/mol. The highest BCUT2D eigenvalue weighted by molar-refractivity contribution is 7.90. The minimum Gasteiger partial charge on any atom is -0.481 e. The molecule has 4 heterocycles. The molecule has 7 nitrogen and oxygen atoms in total. The molecule has 0 saturated carbocycles. The Morgan fingerprint density at radius 3 is 2.42 bits per heavy atom. The molecule has 8 heteroatoms. The number of likely N-dealkylation sites (tertiary alicyclic amines) is 1. The van der Waals surface area contributed by atoms with E-state index in [1.165, 1.54) is 19.3 Å². The molecule has 2 aliphatic rings. The van der Waals surface area contributed by atoms with E-state index >= 15 is 0 Å². The zero-order valence-electron chi connectivity index (χ0n) is 22.5. The van der Waals surface area contributed by atoms with Gasteiger partial charge in [-0.15, -0.1) is 0 Å². The van der Waals surface area contributed by atoms with Crippen LogP contribution in [-0.4, -0.2) is 68.8 Å². The Morgan fingerprint density at radius 1 is 0.974 bits per heavy atom. The summed E-state index contributed by atoms with van der Waals surface area (Å²) in [6, 6.07) is 16.1. The molecule has 2 aromatic heterocycles. The Labute approximate surface area is 228 Å². The second-order valence-corrected chi connectivity index (χ2v) is 11.2. The molecule has 1 N–H and O–H groups in total. The van der Waals surface area contributed by atoms with Gasteiger partial charge < -0.3 is 9.47 Å². The first-order valence-corrected chi connectivity index (χ1v) is 15.1. The van der Waals surface area contributed by atoms with Gasteiger partial charge in [0.25, 0.3) is 0 Å². The van der Waals surface area contributed by atoms with Crippen LogP contribution in [0.5, 0.6) is 5.75 Å². The number of aromatic nitrogens is 3. The zero-order chi connectivity index (χ0) is 26.5. The number of hydrogen-bond donors (Lipinski definition) is 1. The summed E-state index contributed by atoms with van der Waals surface area (Å²) in [6.07, 6.45) is 11.4. The van der Waals surface area contributed by atoms with Crippen molar-refractivity contribution < 1.29 is 14.0 Å². The molecule has 0 spiro atoms. The number of fused-ring (bicyclic) bond motifs is 1. The highest BCUT2D eigenvalue weighted by Crippen LogP contribution is 2.31. The van der Waals surface area contributed by atoms with Crippen LogP contribution in [0.15, 0.2) is 72.0 Å². The average molecular weight is 534 g/mol. The standard InChI is InChI=1S/C28H31N4O3S.C2H6/c1-36(33)25-7-5-6-22(14-25)26-16-30-32-17-23(15-29-27(26)32)21-8-10-24(11-9-21)35-28(19-34-20-28)18-31-12-3-2-4-13-31;1-2/h5-11,14-17,33H,2-4,12-13,18-20H2,1H3;1-2H3/q+1;. The highest BCUT2D eigenvalue weighted by Gasteiger charge is 2.42. The van der Waals surface area contributed by atoms with Crippen LogP contribution in [0.1, 0.15) is 33.1 Å². The molecule has 2 aliphatic heterocycles. The average Bonchev–Trinajstić information content (AvgIpc) is 3.37. The summed E-state index contributed by atoms with van der Waals surface area (Å²) in [5.41, 5.74) is 4.53. The largest absolute Gasteiger partial charge is 0.481 e. The van der Waals surface area contributed by atoms with Gasteiger partial charge in [0, 0.05) is 36.1 Å². The molecule has 0 radical (unpaired) electrons. The zero-order valence-corrected chi connectivity index (χ0v) is 23.3. The van der Waals surface area contributed by atoms with Gasteiger partial charge in [0.2, 0.25) is 0 Å². The van der Waals surface area contributed by atoms with Crippen LogP contribution in [0.4, 0.5) is 0 Å². The maximum Gasteiger partial charge on any atom is 0.190 e. The third-order valence-corrected chi connectivity index (χ3v) is 7.99. The maximum atomic E-state index is 9.97. The van der Waals surface area contributed by atoms with Crippen LogP contribution in [-0.2, 0) is 15.9 Å². The Balaban J connectivity index is 0.00000144. The molecule has 0 bridgehead atoms. The van der Waals surface area contributed by atoms with Crippen molar-refractivity contribution in [2.45, 2.75) is 43.6 Å². The summed E-state index contributed by atoms with van der Waals surface area (Å²) in [7, 11) is 0. The van der Waals surface area contributed by atoms with Crippen LogP contribution < -0.4 is 4.74 Å². The van der Waals surface area contributed by atoms with Crippen molar-refractivity contribution in [3.8, 4) is 28.0 Å². The first kappa shape index (κ1) is 26.7. The molecule has 6 rings (SSSR count). The van der Waals surface area contributed by atoms with Crippen molar-refractivity contribution >= 4 is 16.8 Å². The lowest BCUT2D eigenvalue weighted by Crippen LogP contribution is -2.61. The number of ether oxygens (including phenoxy) is 2. The summed E-state index contributed by atoms with van der Waals surface area (Å²) >= 11 is -0.788. The quantitative estimate of drug-likeness (QED) is 0.303. The van der Waals surface area contributed by atoms with E-state index in [4.69, 9.17) is 14.5 Å². The maximum absolute atomic E-state index is 9.97. The van der Waals surface area contributed by atoms with Crippen molar-refractivity contribution in [3.63, 3.8) is 0 Å². The van der Waals surface area contributed by atoms with Crippen LogP contribution in [0.3, 0.4) is 0 Å². The predicted molar refractivity (Wildman–Crippen MR) is 154 cm³/mol. The van der Waals surface area contributed by atoms with Gasteiger partial charge in [-0.05, 0) is 55.3 Å². The number of nitrogens with zero attached hydrogens (tertiary/aromatic N) is 4. The number of piperidine rings is 1. The number of rotatable bonds is 7. The van der Waals surface area contributed by atoms with Crippen molar-refractivity contribution in [1.29, 1.82) is 0 Å². The summed E-state index contributed by atoms with van der Waals surface area (Å²) in [5.74, 6) is 0.869. The van der Waals surface area contributed by atoms with Gasteiger partial charge in [-0.25, -0.2) is 9.50 Å². The molecule has 0 amide bonds. The van der Waals surface area contributed by atoms with E-state index in [-0.39, 0.29) is 5.60 Å². The lowest BCUT2D eigenvalue weighted by atomic mass is 9.99. The Hall–Kier alpha value is -2.91. The molecule has 2 aromatic carbocycles. The normalized spacial score (nSPS) is 17.8. The van der Waals surface area contributed by atoms with E-state index in [2.05, 4.69) is 22.1 Å². The molecule has 4 aromatic rings. The van der Waals surface area contributed by atoms with E-state index in [9.17, 15) is 4.55 Å². The molecular formula is C30H37N4O3S+. The van der Waals surface area contributed by atoms with Gasteiger partial charge >= 0.3 is 0 Å². The van der Waals surface area contributed by atoms with Gasteiger partial charge in [0.15, 0.2) is 27.3 Å². The van der Waals surface area contributed by atoms with E-state index in [0.29, 0.717) is 13.2 Å². The van der Waals surface area contributed by atoms with Crippen LogP contribution >= 0.6 is 0 Å². The summed E-state index contributed by atoms with van der Waals surface area (Å²) in [5, 5.41) is 4.55. The fourth-order valence-corrected chi connectivity index (χ4v) is 5.65. The Kier molecular flexibility index (Phi) is 8.33. The van der Waals surface area contributed by atoms with Gasteiger partial charge in [0.1, 0.15) is 12.0 Å². The minimum absolute atomic E-state index is 0.240. The van der Waals surface area contributed by atoms with E-state index < -0.39 is 11.2 Å². The molecule has 1 unspecified atom stereocenters. The number of benzene rings is 2. The third kappa shape index (κ3) is 5.73.